The summed E-state index contributed by atoms with van der Waals surface area (Å²) < 4.78 is 20.7. The second-order valence-corrected chi connectivity index (χ2v) is 5.56. The first-order valence-electron chi connectivity index (χ1n) is 7.18. The highest BCUT2D eigenvalue weighted by atomic mass is 19.1. The fourth-order valence-electron chi connectivity index (χ4n) is 3.12. The van der Waals surface area contributed by atoms with Crippen LogP contribution in [-0.2, 0) is 6.54 Å². The molecule has 1 aromatic carbocycles. The fourth-order valence-corrected chi connectivity index (χ4v) is 3.12. The summed E-state index contributed by atoms with van der Waals surface area (Å²) in [5.74, 6) is 0.933. The summed E-state index contributed by atoms with van der Waals surface area (Å²) in [6.45, 7) is 0.858. The Balaban J connectivity index is 1.98. The lowest BCUT2D eigenvalue weighted by molar-refractivity contribution is 0.323. The first-order valence-corrected chi connectivity index (χ1v) is 7.18. The molecule has 5 heteroatoms. The van der Waals surface area contributed by atoms with E-state index in [4.69, 9.17) is 10.5 Å². The maximum absolute atomic E-state index is 13.7. The minimum atomic E-state index is -0.401. The summed E-state index contributed by atoms with van der Waals surface area (Å²) in [4.78, 5) is 4.26. The van der Waals surface area contributed by atoms with Gasteiger partial charge in [0, 0.05) is 18.7 Å². The van der Waals surface area contributed by atoms with Gasteiger partial charge in [-0.2, -0.15) is 0 Å². The molecule has 1 aromatic heterocycles. The van der Waals surface area contributed by atoms with Crippen LogP contribution < -0.4 is 10.5 Å². The van der Waals surface area contributed by atoms with E-state index in [1.807, 2.05) is 4.57 Å². The van der Waals surface area contributed by atoms with E-state index in [1.54, 1.807) is 6.07 Å². The molecule has 2 N–H and O–H groups in total. The molecule has 20 heavy (non-hydrogen) atoms. The van der Waals surface area contributed by atoms with Crippen LogP contribution in [0.2, 0.25) is 0 Å². The number of anilines is 1. The molecular weight excluding hydrogens is 257 g/mol. The zero-order valence-corrected chi connectivity index (χ0v) is 11.7. The van der Waals surface area contributed by atoms with Crippen molar-refractivity contribution in [3.63, 3.8) is 0 Å². The minimum absolute atomic E-state index is 0.238. The van der Waals surface area contributed by atoms with Gasteiger partial charge in [0.25, 0.3) is 0 Å². The van der Waals surface area contributed by atoms with Crippen LogP contribution >= 0.6 is 0 Å². The Hall–Kier alpha value is -1.78. The van der Waals surface area contributed by atoms with Crippen LogP contribution in [0, 0.1) is 11.7 Å². The molecule has 0 atom stereocenters. The summed E-state index contributed by atoms with van der Waals surface area (Å²) in [5, 5.41) is 0. The number of hydrogen-bond donors (Lipinski definition) is 1. The van der Waals surface area contributed by atoms with Crippen molar-refractivity contribution < 1.29 is 9.13 Å². The van der Waals surface area contributed by atoms with Crippen LogP contribution in [0.3, 0.4) is 0 Å². The van der Waals surface area contributed by atoms with Crippen molar-refractivity contribution >= 4 is 17.0 Å². The highest BCUT2D eigenvalue weighted by Crippen LogP contribution is 2.30. The highest BCUT2D eigenvalue weighted by Gasteiger charge is 2.18. The van der Waals surface area contributed by atoms with Crippen LogP contribution in [0.1, 0.15) is 32.1 Å². The molecule has 3 rings (SSSR count). The summed E-state index contributed by atoms with van der Waals surface area (Å²) in [6.07, 6.45) is 6.37. The molecule has 1 heterocycles. The summed E-state index contributed by atoms with van der Waals surface area (Å²) >= 11 is 0. The number of ether oxygens (including phenoxy) is 1. The van der Waals surface area contributed by atoms with E-state index in [-0.39, 0.29) is 5.75 Å². The van der Waals surface area contributed by atoms with Crippen molar-refractivity contribution in [3.05, 3.63) is 17.9 Å². The van der Waals surface area contributed by atoms with Crippen LogP contribution in [-0.4, -0.2) is 16.7 Å². The van der Waals surface area contributed by atoms with Gasteiger partial charge in [0.05, 0.1) is 18.1 Å². The first kappa shape index (κ1) is 13.2. The molecule has 1 aliphatic rings. The molecule has 0 spiro atoms. The molecule has 108 valence electrons. The standard InChI is InChI=1S/C15H20FN3O/c1-20-14-8-13-12(7-11(14)16)18-15(17)19(13)9-10-5-3-2-4-6-10/h7-8,10H,2-6,9H2,1H3,(H2,17,18). The SMILES string of the molecule is COc1cc2c(cc1F)nc(N)n2CC1CCCCC1. The zero-order valence-electron chi connectivity index (χ0n) is 11.7. The Kier molecular flexibility index (Phi) is 3.51. The molecule has 1 aliphatic carbocycles. The van der Waals surface area contributed by atoms with Gasteiger partial charge in [0.1, 0.15) is 0 Å². The molecule has 0 amide bonds. The van der Waals surface area contributed by atoms with Crippen molar-refractivity contribution in [1.82, 2.24) is 9.55 Å². The van der Waals surface area contributed by atoms with Crippen LogP contribution in [0.4, 0.5) is 10.3 Å². The summed E-state index contributed by atoms with van der Waals surface area (Å²) in [7, 11) is 1.47. The van der Waals surface area contributed by atoms with Gasteiger partial charge in [-0.05, 0) is 18.8 Å². The van der Waals surface area contributed by atoms with Gasteiger partial charge in [0.15, 0.2) is 11.6 Å². The van der Waals surface area contributed by atoms with E-state index < -0.39 is 5.82 Å². The number of fused-ring (bicyclic) bond motifs is 1. The van der Waals surface area contributed by atoms with Gasteiger partial charge >= 0.3 is 0 Å². The fraction of sp³-hybridized carbons (Fsp3) is 0.533. The van der Waals surface area contributed by atoms with E-state index in [0.717, 1.165) is 12.1 Å². The zero-order chi connectivity index (χ0) is 14.1. The first-order chi connectivity index (χ1) is 9.69. The topological polar surface area (TPSA) is 53.1 Å². The third-order valence-corrected chi connectivity index (χ3v) is 4.22. The van der Waals surface area contributed by atoms with Crippen molar-refractivity contribution in [2.45, 2.75) is 38.6 Å². The quantitative estimate of drug-likeness (QED) is 0.936. The van der Waals surface area contributed by atoms with E-state index in [9.17, 15) is 4.39 Å². The number of aromatic nitrogens is 2. The van der Waals surface area contributed by atoms with E-state index >= 15 is 0 Å². The number of halogens is 1. The molecule has 0 bridgehead atoms. The Bertz CT molecular complexity index is 617. The minimum Gasteiger partial charge on any atom is -0.494 e. The van der Waals surface area contributed by atoms with Crippen molar-refractivity contribution in [2.24, 2.45) is 5.92 Å². The van der Waals surface area contributed by atoms with Gasteiger partial charge in [-0.15, -0.1) is 0 Å². The van der Waals surface area contributed by atoms with Gasteiger partial charge in [-0.25, -0.2) is 9.37 Å². The molecule has 0 saturated heterocycles. The third kappa shape index (κ3) is 2.32. The van der Waals surface area contributed by atoms with Gasteiger partial charge in [-0.1, -0.05) is 19.3 Å². The normalized spacial score (nSPS) is 16.7. The largest absolute Gasteiger partial charge is 0.494 e. The lowest BCUT2D eigenvalue weighted by Crippen LogP contribution is -2.15. The molecule has 0 aliphatic heterocycles. The Morgan fingerprint density at radius 2 is 2.10 bits per heavy atom. The number of imidazole rings is 1. The maximum atomic E-state index is 13.7. The highest BCUT2D eigenvalue weighted by molar-refractivity contribution is 5.80. The molecule has 1 fully saturated rings. The van der Waals surface area contributed by atoms with Crippen LogP contribution in [0.25, 0.3) is 11.0 Å². The number of nitrogen functional groups attached to an aromatic ring is 1. The van der Waals surface area contributed by atoms with E-state index in [1.165, 1.54) is 45.3 Å². The second-order valence-electron chi connectivity index (χ2n) is 5.56. The average Bonchev–Trinajstić information content (AvgIpc) is 2.74. The Labute approximate surface area is 117 Å². The van der Waals surface area contributed by atoms with Gasteiger partial charge in [0.2, 0.25) is 5.95 Å². The number of benzene rings is 1. The van der Waals surface area contributed by atoms with E-state index in [2.05, 4.69) is 4.98 Å². The number of nitrogens with two attached hydrogens (primary N) is 1. The number of rotatable bonds is 3. The molecular formula is C15H20FN3O. The second kappa shape index (κ2) is 5.31. The molecule has 4 nitrogen and oxygen atoms in total. The van der Waals surface area contributed by atoms with E-state index in [0.29, 0.717) is 17.4 Å². The lowest BCUT2D eigenvalue weighted by atomic mass is 9.89. The van der Waals surface area contributed by atoms with Gasteiger partial charge < -0.3 is 15.0 Å². The lowest BCUT2D eigenvalue weighted by Gasteiger charge is -2.22. The average molecular weight is 277 g/mol. The van der Waals surface area contributed by atoms with Crippen molar-refractivity contribution in [2.75, 3.05) is 12.8 Å². The van der Waals surface area contributed by atoms with Crippen molar-refractivity contribution in [1.29, 1.82) is 0 Å². The third-order valence-electron chi connectivity index (χ3n) is 4.22. The maximum Gasteiger partial charge on any atom is 0.201 e. The number of methoxy groups -OCH3 is 1. The number of nitrogens with zero attached hydrogens (tertiary/aromatic N) is 2. The van der Waals surface area contributed by atoms with Crippen LogP contribution in [0.5, 0.6) is 5.75 Å². The molecule has 0 radical (unpaired) electrons. The Morgan fingerprint density at radius 1 is 1.35 bits per heavy atom. The molecule has 0 unspecified atom stereocenters. The van der Waals surface area contributed by atoms with Gasteiger partial charge in [-0.3, -0.25) is 0 Å². The molecule has 2 aromatic rings. The molecule has 1 saturated carbocycles. The summed E-state index contributed by atoms with van der Waals surface area (Å²) in [6, 6.07) is 3.08. The monoisotopic (exact) mass is 277 g/mol. The smallest absolute Gasteiger partial charge is 0.201 e. The van der Waals surface area contributed by atoms with Crippen molar-refractivity contribution in [3.8, 4) is 5.75 Å². The predicted octanol–water partition coefficient (Wildman–Crippen LogP) is 3.35. The summed E-state index contributed by atoms with van der Waals surface area (Å²) in [5.41, 5.74) is 7.45. The number of hydrogen-bond acceptors (Lipinski definition) is 3. The van der Waals surface area contributed by atoms with Crippen LogP contribution in [0.15, 0.2) is 12.1 Å². The predicted molar refractivity (Wildman–Crippen MR) is 77.2 cm³/mol. The Morgan fingerprint density at radius 3 is 2.80 bits per heavy atom.